The van der Waals surface area contributed by atoms with Crippen LogP contribution in [0.2, 0.25) is 0 Å². The van der Waals surface area contributed by atoms with Gasteiger partial charge < -0.3 is 15.2 Å². The molecule has 1 aromatic heterocycles. The van der Waals surface area contributed by atoms with Gasteiger partial charge >= 0.3 is 0 Å². The standard InChI is InChI=1S/C14H17FN2O2S/c1-10-17-12(9-20-10)6-16-7-13(18)8-19-14-4-2-11(15)3-5-14/h2-5,9,13,16,18H,6-8H2,1H3. The largest absolute Gasteiger partial charge is 0.491 e. The van der Waals surface area contributed by atoms with E-state index >= 15 is 0 Å². The summed E-state index contributed by atoms with van der Waals surface area (Å²) in [6, 6.07) is 5.72. The molecule has 6 heteroatoms. The van der Waals surface area contributed by atoms with Gasteiger partial charge in [-0.3, -0.25) is 0 Å². The van der Waals surface area contributed by atoms with Crippen LogP contribution in [0.15, 0.2) is 29.6 Å². The van der Waals surface area contributed by atoms with Crippen molar-refractivity contribution in [3.8, 4) is 5.75 Å². The predicted molar refractivity (Wildman–Crippen MR) is 76.5 cm³/mol. The van der Waals surface area contributed by atoms with Gasteiger partial charge in [0.15, 0.2) is 0 Å². The lowest BCUT2D eigenvalue weighted by Crippen LogP contribution is -2.31. The molecule has 0 saturated heterocycles. The lowest BCUT2D eigenvalue weighted by atomic mass is 10.3. The van der Waals surface area contributed by atoms with Crippen molar-refractivity contribution in [2.75, 3.05) is 13.2 Å². The summed E-state index contributed by atoms with van der Waals surface area (Å²) in [5, 5.41) is 15.9. The number of thiazole rings is 1. The van der Waals surface area contributed by atoms with Crippen molar-refractivity contribution >= 4 is 11.3 Å². The Labute approximate surface area is 121 Å². The van der Waals surface area contributed by atoms with Crippen LogP contribution in [0.25, 0.3) is 0 Å². The minimum absolute atomic E-state index is 0.161. The number of halogens is 1. The van der Waals surface area contributed by atoms with E-state index in [1.807, 2.05) is 12.3 Å². The Morgan fingerprint density at radius 1 is 1.40 bits per heavy atom. The molecule has 0 radical (unpaired) electrons. The van der Waals surface area contributed by atoms with E-state index in [9.17, 15) is 9.50 Å². The molecule has 1 aromatic carbocycles. The highest BCUT2D eigenvalue weighted by Gasteiger charge is 2.06. The van der Waals surface area contributed by atoms with Gasteiger partial charge in [0.25, 0.3) is 0 Å². The SMILES string of the molecule is Cc1nc(CNCC(O)COc2ccc(F)cc2)cs1. The number of hydrogen-bond donors (Lipinski definition) is 2. The number of nitrogens with one attached hydrogen (secondary N) is 1. The topological polar surface area (TPSA) is 54.4 Å². The number of benzene rings is 1. The Kier molecular flexibility index (Phi) is 5.46. The molecule has 20 heavy (non-hydrogen) atoms. The van der Waals surface area contributed by atoms with E-state index in [0.29, 0.717) is 18.8 Å². The van der Waals surface area contributed by atoms with Crippen LogP contribution in [0.4, 0.5) is 4.39 Å². The highest BCUT2D eigenvalue weighted by Crippen LogP contribution is 2.11. The Hall–Kier alpha value is -1.50. The van der Waals surface area contributed by atoms with Crippen LogP contribution < -0.4 is 10.1 Å². The second-order valence-corrected chi connectivity index (χ2v) is 5.47. The summed E-state index contributed by atoms with van der Waals surface area (Å²) in [5.74, 6) is 0.235. The van der Waals surface area contributed by atoms with Crippen LogP contribution in [0, 0.1) is 12.7 Å². The molecule has 108 valence electrons. The second kappa shape index (κ2) is 7.33. The molecule has 0 amide bonds. The van der Waals surface area contributed by atoms with Gasteiger partial charge in [-0.25, -0.2) is 9.37 Å². The molecule has 0 fully saturated rings. The zero-order chi connectivity index (χ0) is 14.4. The molecule has 0 aliphatic heterocycles. The molecular weight excluding hydrogens is 279 g/mol. The molecule has 0 bridgehead atoms. The van der Waals surface area contributed by atoms with Gasteiger partial charge in [-0.2, -0.15) is 0 Å². The van der Waals surface area contributed by atoms with E-state index in [2.05, 4.69) is 10.3 Å². The van der Waals surface area contributed by atoms with E-state index in [4.69, 9.17) is 4.74 Å². The van der Waals surface area contributed by atoms with Gasteiger partial charge in [-0.1, -0.05) is 0 Å². The molecule has 2 aromatic rings. The van der Waals surface area contributed by atoms with Crippen LogP contribution >= 0.6 is 11.3 Å². The first-order valence-electron chi connectivity index (χ1n) is 6.31. The summed E-state index contributed by atoms with van der Waals surface area (Å²) in [6.45, 7) is 3.16. The van der Waals surface area contributed by atoms with Gasteiger partial charge in [0.1, 0.15) is 24.3 Å². The Balaban J connectivity index is 1.65. The van der Waals surface area contributed by atoms with Crippen molar-refractivity contribution in [2.24, 2.45) is 0 Å². The van der Waals surface area contributed by atoms with Crippen molar-refractivity contribution in [3.05, 3.63) is 46.2 Å². The van der Waals surface area contributed by atoms with Crippen molar-refractivity contribution in [1.29, 1.82) is 0 Å². The fraction of sp³-hybridized carbons (Fsp3) is 0.357. The van der Waals surface area contributed by atoms with Crippen LogP contribution in [0.5, 0.6) is 5.75 Å². The Morgan fingerprint density at radius 3 is 2.80 bits per heavy atom. The third kappa shape index (κ3) is 4.88. The predicted octanol–water partition coefficient (Wildman–Crippen LogP) is 2.12. The fourth-order valence-corrected chi connectivity index (χ4v) is 2.25. The number of aromatic nitrogens is 1. The number of aryl methyl sites for hydroxylation is 1. The van der Waals surface area contributed by atoms with Gasteiger partial charge in [-0.05, 0) is 31.2 Å². The minimum atomic E-state index is -0.625. The van der Waals surface area contributed by atoms with E-state index in [1.165, 1.54) is 24.3 Å². The summed E-state index contributed by atoms with van der Waals surface area (Å²) in [5.41, 5.74) is 0.971. The van der Waals surface area contributed by atoms with Crippen LogP contribution in [-0.4, -0.2) is 29.3 Å². The van der Waals surface area contributed by atoms with E-state index < -0.39 is 6.10 Å². The molecule has 1 atom stereocenters. The first-order valence-corrected chi connectivity index (χ1v) is 7.19. The maximum absolute atomic E-state index is 12.7. The smallest absolute Gasteiger partial charge is 0.123 e. The number of nitrogens with zero attached hydrogens (tertiary/aromatic N) is 1. The molecule has 2 N–H and O–H groups in total. The maximum atomic E-state index is 12.7. The van der Waals surface area contributed by atoms with Crippen molar-refractivity contribution in [1.82, 2.24) is 10.3 Å². The lowest BCUT2D eigenvalue weighted by Gasteiger charge is -2.12. The highest BCUT2D eigenvalue weighted by atomic mass is 32.1. The normalized spacial score (nSPS) is 12.3. The second-order valence-electron chi connectivity index (χ2n) is 4.41. The van der Waals surface area contributed by atoms with Crippen molar-refractivity contribution < 1.29 is 14.2 Å². The minimum Gasteiger partial charge on any atom is -0.491 e. The van der Waals surface area contributed by atoms with Crippen molar-refractivity contribution in [3.63, 3.8) is 0 Å². The molecule has 0 saturated carbocycles. The number of rotatable bonds is 7. The van der Waals surface area contributed by atoms with E-state index in [0.717, 1.165) is 10.7 Å². The van der Waals surface area contributed by atoms with Gasteiger partial charge in [0.2, 0.25) is 0 Å². The molecule has 0 aliphatic carbocycles. The number of aliphatic hydroxyl groups excluding tert-OH is 1. The monoisotopic (exact) mass is 296 g/mol. The highest BCUT2D eigenvalue weighted by molar-refractivity contribution is 7.09. The molecule has 0 spiro atoms. The van der Waals surface area contributed by atoms with E-state index in [1.54, 1.807) is 11.3 Å². The maximum Gasteiger partial charge on any atom is 0.123 e. The third-order valence-corrected chi connectivity index (χ3v) is 3.43. The number of ether oxygens (including phenoxy) is 1. The summed E-state index contributed by atoms with van der Waals surface area (Å²) in [6.07, 6.45) is -0.625. The third-order valence-electron chi connectivity index (χ3n) is 2.61. The number of aliphatic hydroxyl groups is 1. The fourth-order valence-electron chi connectivity index (χ4n) is 1.64. The summed E-state index contributed by atoms with van der Waals surface area (Å²) in [4.78, 5) is 4.32. The summed E-state index contributed by atoms with van der Waals surface area (Å²) < 4.78 is 18.1. The van der Waals surface area contributed by atoms with E-state index in [-0.39, 0.29) is 12.4 Å². The van der Waals surface area contributed by atoms with Gasteiger partial charge in [0, 0.05) is 18.5 Å². The first kappa shape index (κ1) is 14.9. The molecule has 2 rings (SSSR count). The number of hydrogen-bond acceptors (Lipinski definition) is 5. The van der Waals surface area contributed by atoms with Crippen LogP contribution in [0.3, 0.4) is 0 Å². The van der Waals surface area contributed by atoms with Crippen LogP contribution in [-0.2, 0) is 6.54 Å². The molecular formula is C14H17FN2O2S. The Bertz CT molecular complexity index is 530. The molecule has 0 aliphatic rings. The van der Waals surface area contributed by atoms with Gasteiger partial charge in [-0.15, -0.1) is 11.3 Å². The average Bonchev–Trinajstić information content (AvgIpc) is 2.84. The lowest BCUT2D eigenvalue weighted by molar-refractivity contribution is 0.106. The quantitative estimate of drug-likeness (QED) is 0.822. The molecule has 1 heterocycles. The average molecular weight is 296 g/mol. The molecule has 1 unspecified atom stereocenters. The molecule has 4 nitrogen and oxygen atoms in total. The van der Waals surface area contributed by atoms with Crippen molar-refractivity contribution in [2.45, 2.75) is 19.6 Å². The zero-order valence-corrected chi connectivity index (χ0v) is 12.0. The van der Waals surface area contributed by atoms with Crippen LogP contribution in [0.1, 0.15) is 10.7 Å². The summed E-state index contributed by atoms with van der Waals surface area (Å²) in [7, 11) is 0. The zero-order valence-electron chi connectivity index (χ0n) is 11.2. The summed E-state index contributed by atoms with van der Waals surface area (Å²) >= 11 is 1.60. The first-order chi connectivity index (χ1) is 9.63. The van der Waals surface area contributed by atoms with Gasteiger partial charge in [0.05, 0.1) is 10.7 Å². The Morgan fingerprint density at radius 2 is 2.15 bits per heavy atom.